The molecule has 150 valence electrons. The van der Waals surface area contributed by atoms with Crippen LogP contribution in [0.4, 0.5) is 5.69 Å². The van der Waals surface area contributed by atoms with Crippen molar-refractivity contribution >= 4 is 22.4 Å². The van der Waals surface area contributed by atoms with Gasteiger partial charge in [0.2, 0.25) is 0 Å². The molecule has 0 spiro atoms. The fourth-order valence-corrected chi connectivity index (χ4v) is 2.78. The number of amides is 1. The Balaban J connectivity index is 1.82. The molecule has 1 heterocycles. The standard InChI is InChI=1S/C22H25N5O2/c1-22(2,3)24-13-15(12-23)20(28)25-16-10-8-14(9-11-16)19-17-6-4-5-7-18(17)21(29)27-26-19/h4-11,13,24H,12,23H2,1-3H3,(H,25,28)(H,27,29)/b15-13+. The van der Waals surface area contributed by atoms with Gasteiger partial charge in [-0.1, -0.05) is 30.3 Å². The maximum absolute atomic E-state index is 12.5. The molecule has 1 amide bonds. The fourth-order valence-electron chi connectivity index (χ4n) is 2.78. The van der Waals surface area contributed by atoms with Crippen LogP contribution in [0.5, 0.6) is 0 Å². The minimum Gasteiger partial charge on any atom is -0.386 e. The maximum Gasteiger partial charge on any atom is 0.272 e. The van der Waals surface area contributed by atoms with Gasteiger partial charge in [-0.15, -0.1) is 0 Å². The number of carbonyl (C=O) groups is 1. The first-order chi connectivity index (χ1) is 13.8. The second-order valence-electron chi connectivity index (χ2n) is 7.75. The summed E-state index contributed by atoms with van der Waals surface area (Å²) in [5, 5.41) is 14.1. The van der Waals surface area contributed by atoms with E-state index >= 15 is 0 Å². The number of benzene rings is 2. The van der Waals surface area contributed by atoms with Crippen molar-refractivity contribution < 1.29 is 4.79 Å². The molecule has 0 unspecified atom stereocenters. The van der Waals surface area contributed by atoms with Gasteiger partial charge in [-0.25, -0.2) is 5.10 Å². The molecule has 1 aromatic heterocycles. The molecule has 0 aliphatic carbocycles. The molecule has 0 saturated carbocycles. The first-order valence-electron chi connectivity index (χ1n) is 9.34. The topological polar surface area (TPSA) is 113 Å². The average molecular weight is 391 g/mol. The Bertz CT molecular complexity index is 1110. The van der Waals surface area contributed by atoms with Gasteiger partial charge in [-0.05, 0) is 39.0 Å². The molecule has 0 radical (unpaired) electrons. The Labute approximate surface area is 169 Å². The molecule has 0 aliphatic heterocycles. The highest BCUT2D eigenvalue weighted by Gasteiger charge is 2.12. The van der Waals surface area contributed by atoms with E-state index in [2.05, 4.69) is 20.8 Å². The van der Waals surface area contributed by atoms with Crippen molar-refractivity contribution in [3.63, 3.8) is 0 Å². The third-order valence-electron chi connectivity index (χ3n) is 4.30. The molecule has 7 heteroatoms. The first kappa shape index (κ1) is 20.3. The molecule has 5 N–H and O–H groups in total. The summed E-state index contributed by atoms with van der Waals surface area (Å²) in [6.07, 6.45) is 1.65. The van der Waals surface area contributed by atoms with E-state index < -0.39 is 0 Å². The Kier molecular flexibility index (Phi) is 5.79. The number of hydrogen-bond acceptors (Lipinski definition) is 5. The molecule has 0 atom stereocenters. The van der Waals surface area contributed by atoms with Gasteiger partial charge in [0.15, 0.2) is 0 Å². The second kappa shape index (κ2) is 8.28. The van der Waals surface area contributed by atoms with E-state index in [0.29, 0.717) is 22.3 Å². The number of aromatic nitrogens is 2. The highest BCUT2D eigenvalue weighted by Crippen LogP contribution is 2.25. The van der Waals surface area contributed by atoms with Crippen LogP contribution in [0.1, 0.15) is 20.8 Å². The number of nitrogens with zero attached hydrogens (tertiary/aromatic N) is 1. The van der Waals surface area contributed by atoms with Crippen LogP contribution in [0.3, 0.4) is 0 Å². The molecule has 29 heavy (non-hydrogen) atoms. The minimum atomic E-state index is -0.260. The van der Waals surface area contributed by atoms with Gasteiger partial charge in [0.25, 0.3) is 11.5 Å². The van der Waals surface area contributed by atoms with Gasteiger partial charge < -0.3 is 16.4 Å². The van der Waals surface area contributed by atoms with Crippen molar-refractivity contribution in [2.75, 3.05) is 11.9 Å². The zero-order chi connectivity index (χ0) is 21.0. The van der Waals surface area contributed by atoms with Gasteiger partial charge in [0.1, 0.15) is 0 Å². The number of fused-ring (bicyclic) bond motifs is 1. The van der Waals surface area contributed by atoms with Crippen LogP contribution in [-0.4, -0.2) is 28.2 Å². The normalized spacial score (nSPS) is 12.1. The second-order valence-corrected chi connectivity index (χ2v) is 7.75. The quantitative estimate of drug-likeness (QED) is 0.500. The van der Waals surface area contributed by atoms with Gasteiger partial charge in [-0.2, -0.15) is 5.10 Å². The van der Waals surface area contributed by atoms with E-state index in [4.69, 9.17) is 5.73 Å². The van der Waals surface area contributed by atoms with E-state index in [0.717, 1.165) is 10.9 Å². The summed E-state index contributed by atoms with van der Waals surface area (Å²) in [6.45, 7) is 6.13. The summed E-state index contributed by atoms with van der Waals surface area (Å²) < 4.78 is 0. The van der Waals surface area contributed by atoms with Gasteiger partial charge >= 0.3 is 0 Å². The summed E-state index contributed by atoms with van der Waals surface area (Å²) >= 11 is 0. The summed E-state index contributed by atoms with van der Waals surface area (Å²) in [7, 11) is 0. The van der Waals surface area contributed by atoms with E-state index in [-0.39, 0.29) is 23.6 Å². The van der Waals surface area contributed by atoms with Crippen molar-refractivity contribution in [3.05, 3.63) is 70.7 Å². The summed E-state index contributed by atoms with van der Waals surface area (Å²) in [5.74, 6) is -0.260. The molecule has 0 aliphatic rings. The van der Waals surface area contributed by atoms with Crippen LogP contribution >= 0.6 is 0 Å². The molecule has 0 bridgehead atoms. The number of anilines is 1. The Hall–Kier alpha value is -3.45. The molecule has 3 aromatic rings. The fraction of sp³-hybridized carbons (Fsp3) is 0.227. The average Bonchev–Trinajstić information content (AvgIpc) is 2.69. The van der Waals surface area contributed by atoms with E-state index in [9.17, 15) is 9.59 Å². The van der Waals surface area contributed by atoms with E-state index in [1.54, 1.807) is 24.4 Å². The van der Waals surface area contributed by atoms with Gasteiger partial charge in [0.05, 0.1) is 11.1 Å². The lowest BCUT2D eigenvalue weighted by Gasteiger charge is -2.19. The lowest BCUT2D eigenvalue weighted by Crippen LogP contribution is -2.33. The molecular formula is C22H25N5O2. The van der Waals surface area contributed by atoms with Crippen LogP contribution in [-0.2, 0) is 4.79 Å². The van der Waals surface area contributed by atoms with Crippen LogP contribution in [0.15, 0.2) is 65.1 Å². The number of nitrogens with two attached hydrogens (primary N) is 1. The number of hydrogen-bond donors (Lipinski definition) is 4. The summed E-state index contributed by atoms with van der Waals surface area (Å²) in [6, 6.07) is 14.6. The predicted octanol–water partition coefficient (Wildman–Crippen LogP) is 2.76. The number of H-pyrrole nitrogens is 1. The smallest absolute Gasteiger partial charge is 0.272 e. The lowest BCUT2D eigenvalue weighted by atomic mass is 10.0. The van der Waals surface area contributed by atoms with E-state index in [1.807, 2.05) is 51.1 Å². The van der Waals surface area contributed by atoms with Crippen LogP contribution in [0.25, 0.3) is 22.0 Å². The number of aromatic amines is 1. The summed E-state index contributed by atoms with van der Waals surface area (Å²) in [5.41, 5.74) is 7.94. The molecule has 3 rings (SSSR count). The molecule has 0 fully saturated rings. The van der Waals surface area contributed by atoms with Crippen LogP contribution in [0.2, 0.25) is 0 Å². The molecular weight excluding hydrogens is 366 g/mol. The highest BCUT2D eigenvalue weighted by molar-refractivity contribution is 6.04. The monoisotopic (exact) mass is 391 g/mol. The number of carbonyl (C=O) groups excluding carboxylic acids is 1. The van der Waals surface area contributed by atoms with Gasteiger partial charge in [-0.3, -0.25) is 9.59 Å². The highest BCUT2D eigenvalue weighted by atomic mass is 16.1. The Morgan fingerprint density at radius 2 is 1.76 bits per heavy atom. The number of nitrogens with one attached hydrogen (secondary N) is 3. The zero-order valence-corrected chi connectivity index (χ0v) is 16.7. The lowest BCUT2D eigenvalue weighted by molar-refractivity contribution is -0.112. The van der Waals surface area contributed by atoms with Crippen molar-refractivity contribution in [1.29, 1.82) is 0 Å². The third kappa shape index (κ3) is 4.89. The third-order valence-corrected chi connectivity index (χ3v) is 4.30. The largest absolute Gasteiger partial charge is 0.386 e. The molecule has 2 aromatic carbocycles. The maximum atomic E-state index is 12.5. The van der Waals surface area contributed by atoms with Gasteiger partial charge in [0, 0.05) is 40.5 Å². The van der Waals surface area contributed by atoms with Crippen LogP contribution in [0, 0.1) is 0 Å². The summed E-state index contributed by atoms with van der Waals surface area (Å²) in [4.78, 5) is 24.4. The zero-order valence-electron chi connectivity index (χ0n) is 16.7. The van der Waals surface area contributed by atoms with Crippen molar-refractivity contribution in [2.45, 2.75) is 26.3 Å². The van der Waals surface area contributed by atoms with Crippen molar-refractivity contribution in [1.82, 2.24) is 15.5 Å². The predicted molar refractivity (Wildman–Crippen MR) is 116 cm³/mol. The Morgan fingerprint density at radius 3 is 2.38 bits per heavy atom. The Morgan fingerprint density at radius 1 is 1.10 bits per heavy atom. The van der Waals surface area contributed by atoms with Crippen LogP contribution < -0.4 is 21.9 Å². The SMILES string of the molecule is CC(C)(C)N/C=C(\CN)C(=O)Nc1ccc(-c2n[nH]c(=O)c3ccccc23)cc1. The van der Waals surface area contributed by atoms with E-state index in [1.165, 1.54) is 0 Å². The first-order valence-corrected chi connectivity index (χ1v) is 9.34. The van der Waals surface area contributed by atoms with Crippen molar-refractivity contribution in [2.24, 2.45) is 5.73 Å². The number of rotatable bonds is 5. The molecule has 7 nitrogen and oxygen atoms in total. The minimum absolute atomic E-state index is 0.125. The van der Waals surface area contributed by atoms with Crippen molar-refractivity contribution in [3.8, 4) is 11.3 Å². The molecule has 0 saturated heterocycles.